The molecule has 2 N–H and O–H groups in total. The number of carbonyl (C=O) groups is 2. The first kappa shape index (κ1) is 33.2. The van der Waals surface area contributed by atoms with Crippen LogP contribution in [0, 0.1) is 11.8 Å². The molecule has 0 aliphatic carbocycles. The average molecular weight is 466 g/mol. The molecule has 170 valence electrons. The van der Waals surface area contributed by atoms with Crippen molar-refractivity contribution in [2.24, 2.45) is 11.8 Å². The molecule has 0 spiro atoms. The molecule has 0 aromatic rings. The first-order valence-corrected chi connectivity index (χ1v) is 11.9. The molecule has 0 heterocycles. The molecule has 0 saturated heterocycles. The third-order valence-corrected chi connectivity index (χ3v) is 5.32. The number of hydrogen-bond donors (Lipinski definition) is 2. The van der Waals surface area contributed by atoms with Gasteiger partial charge in [0.15, 0.2) is 0 Å². The summed E-state index contributed by atoms with van der Waals surface area (Å²) in [5.74, 6) is -1.39. The van der Waals surface area contributed by atoms with Crippen molar-refractivity contribution in [3.05, 3.63) is 0 Å². The fourth-order valence-corrected chi connectivity index (χ4v) is 3.32. The van der Waals surface area contributed by atoms with Crippen LogP contribution in [0.5, 0.6) is 0 Å². The van der Waals surface area contributed by atoms with Gasteiger partial charge in [0.25, 0.3) is 0 Å². The third-order valence-electron chi connectivity index (χ3n) is 5.32. The van der Waals surface area contributed by atoms with Crippen LogP contribution in [0.15, 0.2) is 0 Å². The van der Waals surface area contributed by atoms with E-state index < -0.39 is 11.9 Å². The van der Waals surface area contributed by atoms with Gasteiger partial charge in [0, 0.05) is 19.5 Å². The maximum Gasteiger partial charge on any atom is 0.306 e. The zero-order valence-electron chi connectivity index (χ0n) is 19.9. The second-order valence-electron chi connectivity index (χ2n) is 8.05. The van der Waals surface area contributed by atoms with Gasteiger partial charge in [-0.05, 0) is 25.7 Å². The molecule has 0 aromatic carbocycles. The van der Waals surface area contributed by atoms with Gasteiger partial charge in [-0.15, -0.1) is 0 Å². The number of carboxylic acid groups (broad SMARTS) is 2. The quantitative estimate of drug-likeness (QED) is 0.161. The summed E-state index contributed by atoms with van der Waals surface area (Å²) >= 11 is 0. The van der Waals surface area contributed by atoms with Crippen LogP contribution in [-0.2, 0) is 29.1 Å². The van der Waals surface area contributed by atoms with E-state index in [4.69, 9.17) is 10.2 Å². The molecule has 0 saturated carbocycles. The van der Waals surface area contributed by atoms with Crippen molar-refractivity contribution in [1.29, 1.82) is 0 Å². The van der Waals surface area contributed by atoms with E-state index in [1.807, 2.05) is 0 Å². The summed E-state index contributed by atoms with van der Waals surface area (Å²) < 4.78 is 0. The standard InChI is InChI=1S/2C12H24O2.Zn/c2*1-3-5-7-8-10-11(12(13)14)9-6-4-2;/h2*11H,3-10H2,1-2H3,(H,13,14);. The Kier molecular flexibility index (Phi) is 29.3. The van der Waals surface area contributed by atoms with Gasteiger partial charge in [-0.2, -0.15) is 0 Å². The molecular weight excluding hydrogens is 418 g/mol. The fraction of sp³-hybridized carbons (Fsp3) is 0.917. The molecule has 2 unspecified atom stereocenters. The summed E-state index contributed by atoms with van der Waals surface area (Å²) in [6.07, 6.45) is 17.2. The van der Waals surface area contributed by atoms with Crippen molar-refractivity contribution >= 4 is 11.9 Å². The van der Waals surface area contributed by atoms with Crippen molar-refractivity contribution in [1.82, 2.24) is 0 Å². The van der Waals surface area contributed by atoms with Gasteiger partial charge in [0.05, 0.1) is 11.8 Å². The molecule has 0 amide bonds. The van der Waals surface area contributed by atoms with Gasteiger partial charge in [-0.3, -0.25) is 9.59 Å². The van der Waals surface area contributed by atoms with E-state index in [-0.39, 0.29) is 31.3 Å². The Balaban J connectivity index is -0.000000451. The molecule has 0 aliphatic rings. The Morgan fingerprint density at radius 3 is 1.03 bits per heavy atom. The minimum atomic E-state index is -0.602. The van der Waals surface area contributed by atoms with E-state index >= 15 is 0 Å². The predicted molar refractivity (Wildman–Crippen MR) is 119 cm³/mol. The van der Waals surface area contributed by atoms with E-state index in [0.29, 0.717) is 0 Å². The Bertz CT molecular complexity index is 327. The number of hydrogen-bond acceptors (Lipinski definition) is 2. The van der Waals surface area contributed by atoms with E-state index in [0.717, 1.165) is 64.2 Å². The maximum atomic E-state index is 10.9. The zero-order valence-corrected chi connectivity index (χ0v) is 22.9. The monoisotopic (exact) mass is 464 g/mol. The van der Waals surface area contributed by atoms with Gasteiger partial charge < -0.3 is 10.2 Å². The molecule has 2 atom stereocenters. The van der Waals surface area contributed by atoms with E-state index in [9.17, 15) is 9.59 Å². The Morgan fingerprint density at radius 1 is 0.517 bits per heavy atom. The minimum absolute atomic E-state index is 0. The molecule has 0 bridgehead atoms. The van der Waals surface area contributed by atoms with Crippen LogP contribution in [0.25, 0.3) is 0 Å². The molecule has 0 fully saturated rings. The summed E-state index contributed by atoms with van der Waals surface area (Å²) in [7, 11) is 0. The first-order chi connectivity index (χ1) is 13.4. The minimum Gasteiger partial charge on any atom is -0.481 e. The Labute approximate surface area is 193 Å². The van der Waals surface area contributed by atoms with Gasteiger partial charge in [-0.1, -0.05) is 105 Å². The van der Waals surface area contributed by atoms with E-state index in [1.165, 1.54) is 38.5 Å². The summed E-state index contributed by atoms with van der Waals surface area (Å²) in [4.78, 5) is 21.7. The average Bonchev–Trinajstić information content (AvgIpc) is 2.67. The second-order valence-corrected chi connectivity index (χ2v) is 8.05. The van der Waals surface area contributed by atoms with E-state index in [1.54, 1.807) is 0 Å². The summed E-state index contributed by atoms with van der Waals surface area (Å²) in [5.41, 5.74) is 0. The number of unbranched alkanes of at least 4 members (excludes halogenated alkanes) is 8. The van der Waals surface area contributed by atoms with Gasteiger partial charge in [0.2, 0.25) is 0 Å². The zero-order chi connectivity index (χ0) is 21.6. The van der Waals surface area contributed by atoms with Crippen molar-refractivity contribution in [2.45, 2.75) is 130 Å². The van der Waals surface area contributed by atoms with Crippen LogP contribution in [0.3, 0.4) is 0 Å². The molecule has 0 rings (SSSR count). The van der Waals surface area contributed by atoms with Crippen LogP contribution in [0.2, 0.25) is 0 Å². The molecule has 0 aliphatic heterocycles. The van der Waals surface area contributed by atoms with Crippen molar-refractivity contribution in [3.8, 4) is 0 Å². The van der Waals surface area contributed by atoms with Gasteiger partial charge in [0.1, 0.15) is 0 Å². The molecule has 29 heavy (non-hydrogen) atoms. The van der Waals surface area contributed by atoms with Gasteiger partial charge >= 0.3 is 11.9 Å². The SMILES string of the molecule is CCCCCCC(CCCC)C(=O)O.CCCCCCC(CCCC)C(=O)O.[Zn]. The second kappa shape index (κ2) is 25.6. The third kappa shape index (κ3) is 23.7. The maximum absolute atomic E-state index is 10.9. The number of rotatable bonds is 18. The summed E-state index contributed by atoms with van der Waals surface area (Å²) in [6, 6.07) is 0. The van der Waals surface area contributed by atoms with Crippen molar-refractivity contribution in [3.63, 3.8) is 0 Å². The molecule has 5 heteroatoms. The van der Waals surface area contributed by atoms with Gasteiger partial charge in [-0.25, -0.2) is 0 Å². The van der Waals surface area contributed by atoms with Crippen LogP contribution in [-0.4, -0.2) is 22.2 Å². The Morgan fingerprint density at radius 2 is 0.793 bits per heavy atom. The largest absolute Gasteiger partial charge is 0.481 e. The smallest absolute Gasteiger partial charge is 0.306 e. The van der Waals surface area contributed by atoms with Crippen LogP contribution < -0.4 is 0 Å². The predicted octanol–water partition coefficient (Wildman–Crippen LogP) is 7.69. The number of aliphatic carboxylic acids is 2. The van der Waals surface area contributed by atoms with Crippen LogP contribution in [0.4, 0.5) is 0 Å². The summed E-state index contributed by atoms with van der Waals surface area (Å²) in [6.45, 7) is 8.56. The van der Waals surface area contributed by atoms with E-state index in [2.05, 4.69) is 27.7 Å². The molecular formula is C24H48O4Zn. The van der Waals surface area contributed by atoms with Crippen molar-refractivity contribution in [2.75, 3.05) is 0 Å². The topological polar surface area (TPSA) is 74.6 Å². The Hall–Kier alpha value is -0.437. The fourth-order valence-electron chi connectivity index (χ4n) is 3.32. The number of carboxylic acids is 2. The first-order valence-electron chi connectivity index (χ1n) is 11.9. The molecule has 0 radical (unpaired) electrons. The van der Waals surface area contributed by atoms with Crippen molar-refractivity contribution < 1.29 is 39.3 Å². The molecule has 0 aromatic heterocycles. The van der Waals surface area contributed by atoms with Crippen LogP contribution >= 0.6 is 0 Å². The summed E-state index contributed by atoms with van der Waals surface area (Å²) in [5, 5.41) is 17.9. The van der Waals surface area contributed by atoms with Crippen LogP contribution in [0.1, 0.15) is 130 Å². The molecule has 4 nitrogen and oxygen atoms in total. The normalized spacial score (nSPS) is 12.3.